The van der Waals surface area contributed by atoms with Gasteiger partial charge in [-0.3, -0.25) is 15.8 Å². The summed E-state index contributed by atoms with van der Waals surface area (Å²) >= 11 is 0. The molecule has 1 rings (SSSR count). The van der Waals surface area contributed by atoms with Gasteiger partial charge in [-0.1, -0.05) is 0 Å². The van der Waals surface area contributed by atoms with Crippen LogP contribution in [0.25, 0.3) is 0 Å². The Kier molecular flexibility index (Phi) is 3.72. The quantitative estimate of drug-likeness (QED) is 0.334. The van der Waals surface area contributed by atoms with Crippen LogP contribution in [-0.2, 0) is 0 Å². The summed E-state index contributed by atoms with van der Waals surface area (Å²) < 4.78 is 0. The SMILES string of the molecule is Nc1[nH+]cccc1[N+](=O)[O-].[I-]. The van der Waals surface area contributed by atoms with Crippen molar-refractivity contribution in [2.24, 2.45) is 0 Å². The maximum atomic E-state index is 10.1. The van der Waals surface area contributed by atoms with Gasteiger partial charge in [-0.05, 0) is 6.07 Å². The Hall–Kier alpha value is -0.920. The van der Waals surface area contributed by atoms with Crippen LogP contribution in [0.5, 0.6) is 0 Å². The van der Waals surface area contributed by atoms with Gasteiger partial charge in [0, 0.05) is 6.07 Å². The molecule has 1 aromatic heterocycles. The molecule has 6 heteroatoms. The van der Waals surface area contributed by atoms with Crippen molar-refractivity contribution in [2.45, 2.75) is 0 Å². The van der Waals surface area contributed by atoms with Crippen LogP contribution in [0.2, 0.25) is 0 Å². The van der Waals surface area contributed by atoms with Crippen LogP contribution < -0.4 is 34.7 Å². The van der Waals surface area contributed by atoms with Crippen LogP contribution in [0, 0.1) is 10.1 Å². The number of anilines is 1. The van der Waals surface area contributed by atoms with Crippen molar-refractivity contribution in [3.8, 4) is 0 Å². The van der Waals surface area contributed by atoms with Gasteiger partial charge in [0.15, 0.2) is 0 Å². The zero-order chi connectivity index (χ0) is 7.56. The summed E-state index contributed by atoms with van der Waals surface area (Å²) in [5.41, 5.74) is 5.13. The number of nitrogen functional groups attached to an aromatic ring is 1. The zero-order valence-electron chi connectivity index (χ0n) is 5.45. The van der Waals surface area contributed by atoms with E-state index < -0.39 is 4.92 Å². The molecule has 11 heavy (non-hydrogen) atoms. The first-order valence-electron chi connectivity index (χ1n) is 2.62. The molecule has 0 fully saturated rings. The number of nitrogens with zero attached hydrogens (tertiary/aromatic N) is 1. The summed E-state index contributed by atoms with van der Waals surface area (Å²) in [6.07, 6.45) is 1.53. The Morgan fingerprint density at radius 1 is 1.64 bits per heavy atom. The first kappa shape index (κ1) is 10.1. The second-order valence-electron chi connectivity index (χ2n) is 1.73. The third-order valence-corrected chi connectivity index (χ3v) is 1.06. The number of aromatic nitrogens is 1. The third kappa shape index (κ3) is 2.30. The second kappa shape index (κ2) is 4.06. The van der Waals surface area contributed by atoms with E-state index in [0.717, 1.165) is 0 Å². The molecule has 0 aliphatic carbocycles. The lowest BCUT2D eigenvalue weighted by molar-refractivity contribution is -0.409. The average molecular weight is 267 g/mol. The van der Waals surface area contributed by atoms with E-state index in [2.05, 4.69) is 4.98 Å². The van der Waals surface area contributed by atoms with E-state index in [0.29, 0.717) is 0 Å². The number of halogens is 1. The lowest BCUT2D eigenvalue weighted by Gasteiger charge is -1.87. The molecule has 0 aromatic carbocycles. The fraction of sp³-hybridized carbons (Fsp3) is 0. The molecule has 0 spiro atoms. The van der Waals surface area contributed by atoms with Gasteiger partial charge < -0.3 is 24.0 Å². The van der Waals surface area contributed by atoms with Crippen LogP contribution in [-0.4, -0.2) is 4.92 Å². The lowest BCUT2D eigenvalue weighted by atomic mass is 10.4. The number of nitro groups is 1. The predicted molar refractivity (Wildman–Crippen MR) is 34.1 cm³/mol. The minimum absolute atomic E-state index is 0. The first-order valence-corrected chi connectivity index (χ1v) is 2.62. The van der Waals surface area contributed by atoms with E-state index in [4.69, 9.17) is 5.73 Å². The van der Waals surface area contributed by atoms with Crippen molar-refractivity contribution in [3.05, 3.63) is 28.4 Å². The van der Waals surface area contributed by atoms with E-state index in [1.54, 1.807) is 0 Å². The van der Waals surface area contributed by atoms with Crippen molar-refractivity contribution < 1.29 is 33.9 Å². The van der Waals surface area contributed by atoms with E-state index in [9.17, 15) is 10.1 Å². The smallest absolute Gasteiger partial charge is 0.357 e. The summed E-state index contributed by atoms with van der Waals surface area (Å²) in [5, 5.41) is 10.1. The van der Waals surface area contributed by atoms with Crippen molar-refractivity contribution in [2.75, 3.05) is 5.73 Å². The predicted octanol–water partition coefficient (Wildman–Crippen LogP) is -3.00. The Balaban J connectivity index is 0.000001000. The molecule has 0 bridgehead atoms. The highest BCUT2D eigenvalue weighted by atomic mass is 127. The average Bonchev–Trinajstić information content (AvgIpc) is 1.88. The highest BCUT2D eigenvalue weighted by Crippen LogP contribution is 2.12. The van der Waals surface area contributed by atoms with E-state index in [-0.39, 0.29) is 35.5 Å². The van der Waals surface area contributed by atoms with Crippen LogP contribution in [0.4, 0.5) is 11.5 Å². The van der Waals surface area contributed by atoms with Crippen LogP contribution in [0.1, 0.15) is 0 Å². The summed E-state index contributed by atoms with van der Waals surface area (Å²) in [5.74, 6) is 0.0764. The molecule has 3 N–H and O–H groups in total. The van der Waals surface area contributed by atoms with Crippen molar-refractivity contribution in [1.82, 2.24) is 0 Å². The van der Waals surface area contributed by atoms with E-state index in [1.165, 1.54) is 18.3 Å². The Morgan fingerprint density at radius 3 is 2.64 bits per heavy atom. The molecule has 0 radical (unpaired) electrons. The van der Waals surface area contributed by atoms with Gasteiger partial charge in [0.2, 0.25) is 0 Å². The number of rotatable bonds is 1. The van der Waals surface area contributed by atoms with E-state index in [1.807, 2.05) is 0 Å². The highest BCUT2D eigenvalue weighted by molar-refractivity contribution is 5.46. The van der Waals surface area contributed by atoms with Crippen LogP contribution in [0.3, 0.4) is 0 Å². The van der Waals surface area contributed by atoms with Gasteiger partial charge in [-0.15, -0.1) is 0 Å². The van der Waals surface area contributed by atoms with E-state index >= 15 is 0 Å². The lowest BCUT2D eigenvalue weighted by Crippen LogP contribution is -3.00. The largest absolute Gasteiger partial charge is 1.00 e. The molecule has 1 heterocycles. The van der Waals surface area contributed by atoms with Crippen LogP contribution in [0.15, 0.2) is 18.3 Å². The number of pyridine rings is 1. The van der Waals surface area contributed by atoms with Crippen LogP contribution >= 0.6 is 0 Å². The fourth-order valence-corrected chi connectivity index (χ4v) is 0.600. The normalized spacial score (nSPS) is 8.36. The minimum Gasteiger partial charge on any atom is -1.00 e. The highest BCUT2D eigenvalue weighted by Gasteiger charge is 2.14. The number of nitrogens with two attached hydrogens (primary N) is 1. The monoisotopic (exact) mass is 267 g/mol. The van der Waals surface area contributed by atoms with Gasteiger partial charge in [-0.25, -0.2) is 4.98 Å². The summed E-state index contributed by atoms with van der Waals surface area (Å²) in [4.78, 5) is 12.1. The molecule has 0 saturated heterocycles. The Morgan fingerprint density at radius 2 is 2.27 bits per heavy atom. The summed E-state index contributed by atoms with van der Waals surface area (Å²) in [6.45, 7) is 0. The number of hydrogen-bond donors (Lipinski definition) is 1. The zero-order valence-corrected chi connectivity index (χ0v) is 7.61. The molecule has 1 aromatic rings. The molecule has 0 amide bonds. The molecular formula is C5H6IN3O2. The van der Waals surface area contributed by atoms with Gasteiger partial charge in [0.25, 0.3) is 0 Å². The summed E-state index contributed by atoms with van der Waals surface area (Å²) in [6, 6.07) is 2.86. The number of hydrogen-bond acceptors (Lipinski definition) is 3. The fourth-order valence-electron chi connectivity index (χ4n) is 0.600. The molecule has 0 atom stereocenters. The first-order chi connectivity index (χ1) is 4.72. The molecule has 5 nitrogen and oxygen atoms in total. The van der Waals surface area contributed by atoms with Gasteiger partial charge in [-0.2, -0.15) is 0 Å². The Bertz CT molecular complexity index is 266. The number of nitrogens with one attached hydrogen (secondary N) is 1. The molecule has 0 unspecified atom stereocenters. The maximum absolute atomic E-state index is 10.1. The Labute approximate surface area is 79.8 Å². The van der Waals surface area contributed by atoms with Gasteiger partial charge in [0.1, 0.15) is 0 Å². The maximum Gasteiger partial charge on any atom is 0.357 e. The molecular weight excluding hydrogens is 261 g/mol. The molecule has 0 aliphatic rings. The minimum atomic E-state index is -0.536. The van der Waals surface area contributed by atoms with Crippen molar-refractivity contribution in [1.29, 1.82) is 0 Å². The van der Waals surface area contributed by atoms with Crippen molar-refractivity contribution in [3.63, 3.8) is 0 Å². The third-order valence-electron chi connectivity index (χ3n) is 1.06. The number of H-pyrrole nitrogens is 1. The summed E-state index contributed by atoms with van der Waals surface area (Å²) in [7, 11) is 0. The second-order valence-corrected chi connectivity index (χ2v) is 1.73. The molecule has 60 valence electrons. The van der Waals surface area contributed by atoms with Gasteiger partial charge >= 0.3 is 11.5 Å². The molecule has 0 aliphatic heterocycles. The van der Waals surface area contributed by atoms with Crippen molar-refractivity contribution >= 4 is 11.5 Å². The molecule has 0 saturated carbocycles. The standard InChI is InChI=1S/C5H5N3O2.HI/c6-5-4(8(9)10)2-1-3-7-5;/h1-3H,(H2,6,7);1H. The topological polar surface area (TPSA) is 83.3 Å². The van der Waals surface area contributed by atoms with Gasteiger partial charge in [0.05, 0.1) is 11.1 Å². The number of aromatic amines is 1.